The minimum Gasteiger partial charge on any atom is -0.428 e. The number of hydrogen-bond donors (Lipinski definition) is 2. The number of nitrogens with zero attached hydrogens (tertiary/aromatic N) is 1. The number of urea groups is 1. The Balaban J connectivity index is 1.84. The molecule has 0 aliphatic carbocycles. The molecular formula is C30H23F8N3O2. The molecule has 0 aliphatic heterocycles. The number of anilines is 1. The fourth-order valence-corrected chi connectivity index (χ4v) is 4.33. The molecule has 2 N–H and O–H groups in total. The molecule has 0 aliphatic rings. The zero-order valence-corrected chi connectivity index (χ0v) is 22.2. The Labute approximate surface area is 240 Å². The number of pyridine rings is 1. The average Bonchev–Trinajstić information content (AvgIpc) is 2.92. The largest absolute Gasteiger partial charge is 0.461 e. The van der Waals surface area contributed by atoms with E-state index in [1.165, 1.54) is 12.1 Å². The van der Waals surface area contributed by atoms with Gasteiger partial charge in [0.25, 0.3) is 5.92 Å². The molecule has 3 aromatic carbocycles. The molecule has 1 aromatic heterocycles. The normalized spacial score (nSPS) is 13.3. The van der Waals surface area contributed by atoms with Crippen molar-refractivity contribution in [3.63, 3.8) is 0 Å². The second-order valence-electron chi connectivity index (χ2n) is 9.61. The van der Waals surface area contributed by atoms with Crippen LogP contribution >= 0.6 is 0 Å². The molecule has 226 valence electrons. The van der Waals surface area contributed by atoms with E-state index in [4.69, 9.17) is 0 Å². The molecule has 0 saturated carbocycles. The number of aromatic nitrogens is 1. The van der Waals surface area contributed by atoms with Gasteiger partial charge in [-0.1, -0.05) is 42.5 Å². The molecule has 43 heavy (non-hydrogen) atoms. The molecule has 13 heteroatoms. The summed E-state index contributed by atoms with van der Waals surface area (Å²) < 4.78 is 114. The molecule has 0 unspecified atom stereocenters. The summed E-state index contributed by atoms with van der Waals surface area (Å²) in [6, 6.07) is 16.2. The number of hydrogen-bond acceptors (Lipinski definition) is 3. The Morgan fingerprint density at radius 3 is 2.07 bits per heavy atom. The van der Waals surface area contributed by atoms with Crippen molar-refractivity contribution in [2.24, 2.45) is 0 Å². The number of nitrogens with one attached hydrogen (secondary N) is 2. The van der Waals surface area contributed by atoms with E-state index in [9.17, 15) is 39.9 Å². The number of carbonyl (C=O) groups excluding carboxylic acids is 1. The van der Waals surface area contributed by atoms with E-state index < -0.39 is 53.0 Å². The zero-order chi connectivity index (χ0) is 31.4. The first-order chi connectivity index (χ1) is 20.2. The molecule has 0 spiro atoms. The fourth-order valence-electron chi connectivity index (χ4n) is 4.33. The summed E-state index contributed by atoms with van der Waals surface area (Å²) in [7, 11) is 0. The van der Waals surface area contributed by atoms with E-state index in [1.54, 1.807) is 30.3 Å². The highest BCUT2D eigenvalue weighted by molar-refractivity contribution is 5.89. The van der Waals surface area contributed by atoms with Crippen molar-refractivity contribution < 1.29 is 44.7 Å². The molecule has 1 atom stereocenters. The summed E-state index contributed by atoms with van der Waals surface area (Å²) >= 11 is 0. The van der Waals surface area contributed by atoms with Gasteiger partial charge in [-0.15, -0.1) is 0 Å². The van der Waals surface area contributed by atoms with Crippen LogP contribution < -0.4 is 15.4 Å². The van der Waals surface area contributed by atoms with Gasteiger partial charge in [-0.25, -0.2) is 27.3 Å². The molecule has 0 fully saturated rings. The van der Waals surface area contributed by atoms with Crippen molar-refractivity contribution in [1.29, 1.82) is 0 Å². The van der Waals surface area contributed by atoms with E-state index in [-0.39, 0.29) is 23.4 Å². The lowest BCUT2D eigenvalue weighted by Crippen LogP contribution is -2.50. The summed E-state index contributed by atoms with van der Waals surface area (Å²) in [5.41, 5.74) is -1.85. The van der Waals surface area contributed by atoms with Gasteiger partial charge in [0.2, 0.25) is 0 Å². The van der Waals surface area contributed by atoms with Gasteiger partial charge < -0.3 is 10.1 Å². The van der Waals surface area contributed by atoms with Gasteiger partial charge in [-0.3, -0.25) is 5.32 Å². The van der Waals surface area contributed by atoms with Crippen LogP contribution in [0, 0.1) is 11.6 Å². The lowest BCUT2D eigenvalue weighted by molar-refractivity contribution is -0.253. The van der Waals surface area contributed by atoms with Gasteiger partial charge in [-0.05, 0) is 53.1 Å². The fraction of sp³-hybridized carbons (Fsp3) is 0.200. The number of alkyl halides is 6. The van der Waals surface area contributed by atoms with Crippen LogP contribution in [0.15, 0.2) is 91.1 Å². The van der Waals surface area contributed by atoms with Crippen LogP contribution in [0.4, 0.5) is 45.7 Å². The predicted octanol–water partition coefficient (Wildman–Crippen LogP) is 8.02. The van der Waals surface area contributed by atoms with E-state index in [1.807, 2.05) is 0 Å². The molecule has 0 bridgehead atoms. The van der Waals surface area contributed by atoms with E-state index >= 15 is 0 Å². The van der Waals surface area contributed by atoms with Crippen LogP contribution in [0.5, 0.6) is 5.75 Å². The molecule has 5 nitrogen and oxygen atoms in total. The molecule has 1 heterocycles. The summed E-state index contributed by atoms with van der Waals surface area (Å²) in [4.78, 5) is 17.2. The highest BCUT2D eigenvalue weighted by Crippen LogP contribution is 2.38. The number of carbonyl (C=O) groups is 1. The third-order valence-corrected chi connectivity index (χ3v) is 6.36. The van der Waals surface area contributed by atoms with Crippen molar-refractivity contribution in [2.75, 3.05) is 5.32 Å². The summed E-state index contributed by atoms with van der Waals surface area (Å²) in [6.07, 6.45) is -8.54. The van der Waals surface area contributed by atoms with E-state index in [0.29, 0.717) is 18.6 Å². The Bertz CT molecular complexity index is 1550. The third kappa shape index (κ3) is 7.59. The SMILES string of the molecule is CC(F)(F)c1ccc(NC(=O)N[C@](Cc2ccccc2)(c2ccc(F)cc2)c2cc(F)cc(OC(F)(F)C(F)F)c2)nc1. The second-order valence-corrected chi connectivity index (χ2v) is 9.61. The Morgan fingerprint density at radius 2 is 1.49 bits per heavy atom. The molecule has 2 amide bonds. The van der Waals surface area contributed by atoms with Crippen LogP contribution in [0.25, 0.3) is 0 Å². The minimum atomic E-state index is -4.97. The number of amides is 2. The standard InChI is InChI=1S/C30H23F8N3O2/c1-28(35,36)20-9-12-25(39-17-20)40-27(42)41-29(16-18-5-3-2-4-6-18,19-7-10-22(31)11-8-19)21-13-23(32)15-24(14-21)43-30(37,38)26(33)34/h2-15,17,26H,16H2,1H3,(H2,39,40,41,42)/t29-/m1/s1. The number of ether oxygens (including phenoxy) is 1. The predicted molar refractivity (Wildman–Crippen MR) is 141 cm³/mol. The van der Waals surface area contributed by atoms with Crippen molar-refractivity contribution >= 4 is 11.8 Å². The maximum Gasteiger partial charge on any atom is 0.461 e. The smallest absolute Gasteiger partial charge is 0.428 e. The number of benzene rings is 3. The molecule has 4 aromatic rings. The van der Waals surface area contributed by atoms with Crippen LogP contribution in [0.3, 0.4) is 0 Å². The average molecular weight is 610 g/mol. The van der Waals surface area contributed by atoms with Gasteiger partial charge in [0.05, 0.1) is 5.54 Å². The van der Waals surface area contributed by atoms with Gasteiger partial charge in [0, 0.05) is 31.2 Å². The van der Waals surface area contributed by atoms with E-state index in [2.05, 4.69) is 20.4 Å². The van der Waals surface area contributed by atoms with Crippen molar-refractivity contribution in [1.82, 2.24) is 10.3 Å². The summed E-state index contributed by atoms with van der Waals surface area (Å²) in [6.45, 7) is 0.665. The molecule has 0 saturated heterocycles. The molecule has 0 radical (unpaired) electrons. The van der Waals surface area contributed by atoms with Crippen LogP contribution in [0.1, 0.15) is 29.2 Å². The van der Waals surface area contributed by atoms with Gasteiger partial charge >= 0.3 is 18.6 Å². The maximum absolute atomic E-state index is 14.9. The van der Waals surface area contributed by atoms with Gasteiger partial charge in [0.1, 0.15) is 23.2 Å². The molecule has 4 rings (SSSR count). The first-order valence-corrected chi connectivity index (χ1v) is 12.6. The van der Waals surface area contributed by atoms with Crippen LogP contribution in [0.2, 0.25) is 0 Å². The Hall–Kier alpha value is -4.68. The quantitative estimate of drug-likeness (QED) is 0.179. The van der Waals surface area contributed by atoms with Crippen molar-refractivity contribution in [2.45, 2.75) is 37.3 Å². The van der Waals surface area contributed by atoms with Gasteiger partial charge in [-0.2, -0.15) is 17.6 Å². The summed E-state index contributed by atoms with van der Waals surface area (Å²) in [5.74, 6) is -6.16. The topological polar surface area (TPSA) is 63.2 Å². The van der Waals surface area contributed by atoms with Gasteiger partial charge in [0.15, 0.2) is 0 Å². The number of halogens is 8. The lowest BCUT2D eigenvalue weighted by Gasteiger charge is -2.37. The van der Waals surface area contributed by atoms with E-state index in [0.717, 1.165) is 42.6 Å². The Morgan fingerprint density at radius 1 is 0.837 bits per heavy atom. The summed E-state index contributed by atoms with van der Waals surface area (Å²) in [5, 5.41) is 5.02. The lowest BCUT2D eigenvalue weighted by atomic mass is 9.77. The maximum atomic E-state index is 14.9. The second kappa shape index (κ2) is 12.3. The first kappa shape index (κ1) is 31.3. The third-order valence-electron chi connectivity index (χ3n) is 6.36. The van der Waals surface area contributed by atoms with Crippen LogP contribution in [-0.4, -0.2) is 23.5 Å². The first-order valence-electron chi connectivity index (χ1n) is 12.6. The minimum absolute atomic E-state index is 0.138. The Kier molecular flexibility index (Phi) is 8.93. The zero-order valence-electron chi connectivity index (χ0n) is 22.2. The number of rotatable bonds is 10. The highest BCUT2D eigenvalue weighted by atomic mass is 19.3. The van der Waals surface area contributed by atoms with Crippen LogP contribution in [-0.2, 0) is 17.9 Å². The van der Waals surface area contributed by atoms with Crippen molar-refractivity contribution in [3.8, 4) is 5.75 Å². The highest BCUT2D eigenvalue weighted by Gasteiger charge is 2.45. The van der Waals surface area contributed by atoms with Crippen molar-refractivity contribution in [3.05, 3.63) is 125 Å². The monoisotopic (exact) mass is 609 g/mol. The molecular weight excluding hydrogens is 586 g/mol.